The van der Waals surface area contributed by atoms with E-state index in [1.165, 1.54) is 19.3 Å². The van der Waals surface area contributed by atoms with Gasteiger partial charge >= 0.3 is 0 Å². The minimum Gasteiger partial charge on any atom is -0.369 e. The van der Waals surface area contributed by atoms with Crippen molar-refractivity contribution in [1.82, 2.24) is 19.5 Å². The van der Waals surface area contributed by atoms with Gasteiger partial charge < -0.3 is 15.3 Å². The lowest BCUT2D eigenvalue weighted by molar-refractivity contribution is 0.590. The van der Waals surface area contributed by atoms with Gasteiger partial charge in [-0.25, -0.2) is 9.97 Å². The summed E-state index contributed by atoms with van der Waals surface area (Å²) in [5.41, 5.74) is 7.19. The lowest BCUT2D eigenvalue weighted by Crippen LogP contribution is -2.00. The molecule has 0 aromatic carbocycles. The van der Waals surface area contributed by atoms with Crippen LogP contribution in [0.1, 0.15) is 32.6 Å². The third-order valence-electron chi connectivity index (χ3n) is 2.76. The maximum absolute atomic E-state index is 5.59. The molecule has 5 nitrogen and oxygen atoms in total. The second-order valence-electron chi connectivity index (χ2n) is 4.12. The number of H-pyrrole nitrogens is 1. The zero-order valence-electron chi connectivity index (χ0n) is 9.94. The summed E-state index contributed by atoms with van der Waals surface area (Å²) in [5, 5.41) is 0. The van der Waals surface area contributed by atoms with Gasteiger partial charge in [0.1, 0.15) is 5.52 Å². The summed E-state index contributed by atoms with van der Waals surface area (Å²) in [6, 6.07) is 0. The predicted octanol–water partition coefficient (Wildman–Crippen LogP) is 2.65. The van der Waals surface area contributed by atoms with Crippen LogP contribution in [0.25, 0.3) is 11.2 Å². The van der Waals surface area contributed by atoms with Crippen LogP contribution in [0.2, 0.25) is 0 Å². The number of aromatic nitrogens is 4. The molecule has 3 N–H and O–H groups in total. The minimum absolute atomic E-state index is 0.318. The second kappa shape index (κ2) is 5.27. The number of nitrogens with two attached hydrogens (primary N) is 1. The number of aromatic amines is 1. The van der Waals surface area contributed by atoms with E-state index in [-0.39, 0.29) is 0 Å². The van der Waals surface area contributed by atoms with Gasteiger partial charge in [-0.3, -0.25) is 0 Å². The average Bonchev–Trinajstić information content (AvgIpc) is 2.68. The highest BCUT2D eigenvalue weighted by Crippen LogP contribution is 2.13. The minimum atomic E-state index is 0.318. The smallest absolute Gasteiger partial charge is 0.200 e. The van der Waals surface area contributed by atoms with Crippen molar-refractivity contribution in [2.75, 3.05) is 5.73 Å². The molecule has 0 saturated carbocycles. The number of anilines is 1. The average molecular weight is 251 g/mol. The van der Waals surface area contributed by atoms with E-state index < -0.39 is 0 Å². The van der Waals surface area contributed by atoms with Gasteiger partial charge in [-0.15, -0.1) is 0 Å². The van der Waals surface area contributed by atoms with Gasteiger partial charge in [0.05, 0.1) is 6.33 Å². The Kier molecular flexibility index (Phi) is 3.73. The van der Waals surface area contributed by atoms with Crippen molar-refractivity contribution in [3.8, 4) is 0 Å². The van der Waals surface area contributed by atoms with Crippen molar-refractivity contribution in [3.05, 3.63) is 11.0 Å². The van der Waals surface area contributed by atoms with E-state index in [4.69, 9.17) is 18.0 Å². The number of hydrogen-bond donors (Lipinski definition) is 2. The molecule has 0 spiro atoms. The molecule has 0 atom stereocenters. The number of imidazole rings is 1. The quantitative estimate of drug-likeness (QED) is 0.633. The van der Waals surface area contributed by atoms with Crippen LogP contribution in [0.15, 0.2) is 6.33 Å². The first-order valence-corrected chi connectivity index (χ1v) is 6.34. The van der Waals surface area contributed by atoms with Gasteiger partial charge in [0.2, 0.25) is 5.95 Å². The van der Waals surface area contributed by atoms with Gasteiger partial charge in [-0.05, 0) is 6.42 Å². The van der Waals surface area contributed by atoms with E-state index >= 15 is 0 Å². The van der Waals surface area contributed by atoms with Crippen LogP contribution >= 0.6 is 12.2 Å². The standard InChI is InChI=1S/C11H17N5S/c1-2-3-4-5-6-16-7-13-9-8(16)10(17)15-11(12)14-9/h7H,2-6H2,1H3,(H3,12,14,15,17). The molecule has 0 unspecified atom stereocenters. The zero-order valence-corrected chi connectivity index (χ0v) is 10.8. The predicted molar refractivity (Wildman–Crippen MR) is 71.3 cm³/mol. The van der Waals surface area contributed by atoms with E-state index in [0.717, 1.165) is 24.1 Å². The van der Waals surface area contributed by atoms with Gasteiger partial charge in [0.25, 0.3) is 0 Å². The van der Waals surface area contributed by atoms with Gasteiger partial charge in [0, 0.05) is 6.54 Å². The molecule has 0 bridgehead atoms. The molecule has 2 aromatic heterocycles. The van der Waals surface area contributed by atoms with Crippen molar-refractivity contribution in [1.29, 1.82) is 0 Å². The van der Waals surface area contributed by atoms with E-state index in [0.29, 0.717) is 10.6 Å². The van der Waals surface area contributed by atoms with E-state index in [1.807, 2.05) is 0 Å². The van der Waals surface area contributed by atoms with Crippen LogP contribution in [0.3, 0.4) is 0 Å². The fourth-order valence-corrected chi connectivity index (χ4v) is 2.20. The maximum atomic E-state index is 5.59. The highest BCUT2D eigenvalue weighted by Gasteiger charge is 2.06. The fourth-order valence-electron chi connectivity index (χ4n) is 1.89. The molecule has 0 saturated heterocycles. The third kappa shape index (κ3) is 2.63. The van der Waals surface area contributed by atoms with Crippen molar-refractivity contribution in [2.24, 2.45) is 0 Å². The molecule has 0 aliphatic rings. The summed E-state index contributed by atoms with van der Waals surface area (Å²) in [4.78, 5) is 11.2. The Balaban J connectivity index is 2.21. The molecule has 0 fully saturated rings. The molecule has 2 rings (SSSR count). The summed E-state index contributed by atoms with van der Waals surface area (Å²) in [6.07, 6.45) is 6.67. The third-order valence-corrected chi connectivity index (χ3v) is 3.05. The first-order valence-electron chi connectivity index (χ1n) is 5.93. The number of unbranched alkanes of at least 4 members (excludes halogenated alkanes) is 3. The zero-order chi connectivity index (χ0) is 12.3. The number of fused-ring (bicyclic) bond motifs is 1. The molecule has 2 aromatic rings. The Morgan fingerprint density at radius 2 is 2.24 bits per heavy atom. The fraction of sp³-hybridized carbons (Fsp3) is 0.545. The molecule has 0 aliphatic heterocycles. The van der Waals surface area contributed by atoms with Crippen LogP contribution in [-0.2, 0) is 6.54 Å². The van der Waals surface area contributed by atoms with Crippen LogP contribution < -0.4 is 5.73 Å². The Morgan fingerprint density at radius 1 is 1.41 bits per heavy atom. The highest BCUT2D eigenvalue weighted by molar-refractivity contribution is 7.71. The summed E-state index contributed by atoms with van der Waals surface area (Å²) in [6.45, 7) is 3.13. The van der Waals surface area contributed by atoms with Gasteiger partial charge in [-0.1, -0.05) is 38.4 Å². The Bertz CT molecular complexity index is 556. The Morgan fingerprint density at radius 3 is 3.00 bits per heavy atom. The van der Waals surface area contributed by atoms with Crippen LogP contribution in [0.4, 0.5) is 5.95 Å². The molecule has 2 heterocycles. The summed E-state index contributed by atoms with van der Waals surface area (Å²) in [7, 11) is 0. The SMILES string of the molecule is CCCCCCn1cnc2[nH]c(N)nc(=S)c21. The normalized spacial score (nSPS) is 11.1. The molecular formula is C11H17N5S. The number of hydrogen-bond acceptors (Lipinski definition) is 4. The van der Waals surface area contributed by atoms with Crippen LogP contribution in [0.5, 0.6) is 0 Å². The molecule has 17 heavy (non-hydrogen) atoms. The Labute approximate surface area is 105 Å². The van der Waals surface area contributed by atoms with Gasteiger partial charge in [0.15, 0.2) is 10.3 Å². The maximum Gasteiger partial charge on any atom is 0.200 e. The number of nitrogen functional groups attached to an aromatic ring is 1. The first-order chi connectivity index (χ1) is 8.22. The molecule has 0 amide bonds. The molecule has 92 valence electrons. The topological polar surface area (TPSA) is 72.5 Å². The second-order valence-corrected chi connectivity index (χ2v) is 4.51. The number of rotatable bonds is 5. The largest absolute Gasteiger partial charge is 0.369 e. The van der Waals surface area contributed by atoms with Gasteiger partial charge in [-0.2, -0.15) is 0 Å². The van der Waals surface area contributed by atoms with Crippen molar-refractivity contribution in [2.45, 2.75) is 39.2 Å². The molecule has 0 aliphatic carbocycles. The van der Waals surface area contributed by atoms with E-state index in [2.05, 4.69) is 26.4 Å². The number of nitrogens with zero attached hydrogens (tertiary/aromatic N) is 3. The van der Waals surface area contributed by atoms with Crippen molar-refractivity contribution >= 4 is 29.3 Å². The number of aryl methyl sites for hydroxylation is 1. The van der Waals surface area contributed by atoms with E-state index in [9.17, 15) is 0 Å². The molecule has 0 radical (unpaired) electrons. The molecule has 6 heteroatoms. The highest BCUT2D eigenvalue weighted by atomic mass is 32.1. The van der Waals surface area contributed by atoms with Crippen molar-refractivity contribution in [3.63, 3.8) is 0 Å². The Hall–Kier alpha value is -1.43. The van der Waals surface area contributed by atoms with E-state index in [1.54, 1.807) is 6.33 Å². The summed E-state index contributed by atoms with van der Waals surface area (Å²) < 4.78 is 2.57. The van der Waals surface area contributed by atoms with Crippen molar-refractivity contribution < 1.29 is 0 Å². The van der Waals surface area contributed by atoms with Crippen LogP contribution in [0, 0.1) is 4.64 Å². The monoisotopic (exact) mass is 251 g/mol. The first kappa shape index (κ1) is 12.0. The lowest BCUT2D eigenvalue weighted by atomic mass is 10.2. The molecular weight excluding hydrogens is 234 g/mol. The summed E-state index contributed by atoms with van der Waals surface area (Å²) >= 11 is 5.21. The lowest BCUT2D eigenvalue weighted by Gasteiger charge is -2.03. The summed E-state index contributed by atoms with van der Waals surface area (Å²) in [5.74, 6) is 0.318. The number of nitrogens with one attached hydrogen (secondary N) is 1. The van der Waals surface area contributed by atoms with Crippen LogP contribution in [-0.4, -0.2) is 19.5 Å².